The molecule has 2 rings (SSSR count). The van der Waals surface area contributed by atoms with Crippen LogP contribution in [-0.4, -0.2) is 12.5 Å². The van der Waals surface area contributed by atoms with Gasteiger partial charge in [0, 0.05) is 5.69 Å². The maximum absolute atomic E-state index is 11.9. The minimum Gasteiger partial charge on any atom is -0.483 e. The summed E-state index contributed by atoms with van der Waals surface area (Å²) < 4.78 is 6.33. The maximum Gasteiger partial charge on any atom is 0.262 e. The average molecular weight is 403 g/mol. The van der Waals surface area contributed by atoms with Crippen LogP contribution in [0.4, 0.5) is 5.69 Å². The number of rotatable bonds is 5. The van der Waals surface area contributed by atoms with Crippen LogP contribution >= 0.6 is 39.1 Å². The zero-order valence-electron chi connectivity index (χ0n) is 11.8. The molecular formula is C16H14BrCl2NO2. The fraction of sp³-hybridized carbons (Fsp3) is 0.188. The summed E-state index contributed by atoms with van der Waals surface area (Å²) in [6.45, 7) is 1.98. The van der Waals surface area contributed by atoms with Gasteiger partial charge in [-0.3, -0.25) is 4.79 Å². The molecule has 116 valence electrons. The topological polar surface area (TPSA) is 38.3 Å². The first-order valence-corrected chi connectivity index (χ1v) is 8.20. The van der Waals surface area contributed by atoms with Crippen molar-refractivity contribution in [1.82, 2.24) is 0 Å². The molecule has 0 saturated carbocycles. The quantitative estimate of drug-likeness (QED) is 0.733. The van der Waals surface area contributed by atoms with Gasteiger partial charge in [-0.2, -0.15) is 0 Å². The molecule has 0 fully saturated rings. The first-order valence-electron chi connectivity index (χ1n) is 6.65. The van der Waals surface area contributed by atoms with Crippen molar-refractivity contribution < 1.29 is 9.53 Å². The van der Waals surface area contributed by atoms with Crippen LogP contribution in [0.1, 0.15) is 12.5 Å². The summed E-state index contributed by atoms with van der Waals surface area (Å²) >= 11 is 15.2. The van der Waals surface area contributed by atoms with Crippen LogP contribution < -0.4 is 10.1 Å². The lowest BCUT2D eigenvalue weighted by Crippen LogP contribution is -2.20. The maximum atomic E-state index is 11.9. The van der Waals surface area contributed by atoms with Gasteiger partial charge in [0.2, 0.25) is 0 Å². The summed E-state index contributed by atoms with van der Waals surface area (Å²) in [4.78, 5) is 11.9. The van der Waals surface area contributed by atoms with E-state index in [2.05, 4.69) is 28.2 Å². The number of benzene rings is 2. The number of amides is 1. The molecule has 6 heteroatoms. The Morgan fingerprint density at radius 2 is 1.95 bits per heavy atom. The minimum atomic E-state index is -0.273. The van der Waals surface area contributed by atoms with Gasteiger partial charge in [-0.25, -0.2) is 0 Å². The average Bonchev–Trinajstić information content (AvgIpc) is 2.49. The molecule has 0 heterocycles. The number of carbonyl (C=O) groups excluding carboxylic acids is 1. The fourth-order valence-corrected chi connectivity index (χ4v) is 2.63. The second-order valence-corrected chi connectivity index (χ2v) is 6.25. The first kappa shape index (κ1) is 17.1. The van der Waals surface area contributed by atoms with E-state index >= 15 is 0 Å². The molecule has 0 aromatic heterocycles. The second-order valence-electron chi connectivity index (χ2n) is 4.58. The van der Waals surface area contributed by atoms with Crippen molar-refractivity contribution in [2.75, 3.05) is 11.9 Å². The Bertz CT molecular complexity index is 692. The Labute approximate surface area is 147 Å². The van der Waals surface area contributed by atoms with Gasteiger partial charge < -0.3 is 10.1 Å². The van der Waals surface area contributed by atoms with Crippen molar-refractivity contribution in [2.24, 2.45) is 0 Å². The van der Waals surface area contributed by atoms with E-state index in [4.69, 9.17) is 27.9 Å². The summed E-state index contributed by atoms with van der Waals surface area (Å²) in [6, 6.07) is 10.7. The number of halogens is 3. The van der Waals surface area contributed by atoms with Gasteiger partial charge in [-0.15, -0.1) is 0 Å². The summed E-state index contributed by atoms with van der Waals surface area (Å²) in [7, 11) is 0. The van der Waals surface area contributed by atoms with Gasteiger partial charge in [0.1, 0.15) is 5.75 Å². The van der Waals surface area contributed by atoms with E-state index in [1.165, 1.54) is 5.56 Å². The van der Waals surface area contributed by atoms with Crippen LogP contribution in [0.5, 0.6) is 5.75 Å². The van der Waals surface area contributed by atoms with Gasteiger partial charge >= 0.3 is 0 Å². The summed E-state index contributed by atoms with van der Waals surface area (Å²) in [5.74, 6) is 0.353. The molecule has 0 atom stereocenters. The molecule has 2 aromatic rings. The third-order valence-corrected chi connectivity index (χ3v) is 4.33. The largest absolute Gasteiger partial charge is 0.483 e. The van der Waals surface area contributed by atoms with Gasteiger partial charge in [0.25, 0.3) is 5.91 Å². The number of ether oxygens (including phenoxy) is 1. The van der Waals surface area contributed by atoms with Crippen LogP contribution in [0.3, 0.4) is 0 Å². The molecule has 0 saturated heterocycles. The minimum absolute atomic E-state index is 0.0929. The van der Waals surface area contributed by atoms with Crippen molar-refractivity contribution in [3.8, 4) is 5.75 Å². The number of nitrogens with one attached hydrogen (secondary N) is 1. The standard InChI is InChI=1S/C16H14BrCl2NO2/c1-2-10-3-6-15(12(17)7-10)22-9-16(21)20-11-4-5-13(18)14(19)8-11/h3-8H,2,9H2,1H3,(H,20,21). The van der Waals surface area contributed by atoms with Crippen LogP contribution in [0.25, 0.3) is 0 Å². The highest BCUT2D eigenvalue weighted by atomic mass is 79.9. The highest BCUT2D eigenvalue weighted by Gasteiger charge is 2.08. The number of hydrogen-bond donors (Lipinski definition) is 1. The molecule has 3 nitrogen and oxygen atoms in total. The number of hydrogen-bond acceptors (Lipinski definition) is 2. The van der Waals surface area contributed by atoms with Gasteiger partial charge in [-0.05, 0) is 58.2 Å². The van der Waals surface area contributed by atoms with E-state index in [-0.39, 0.29) is 12.5 Å². The monoisotopic (exact) mass is 401 g/mol. The third kappa shape index (κ3) is 4.63. The lowest BCUT2D eigenvalue weighted by molar-refractivity contribution is -0.118. The SMILES string of the molecule is CCc1ccc(OCC(=O)Nc2ccc(Cl)c(Cl)c2)c(Br)c1. The summed E-state index contributed by atoms with van der Waals surface area (Å²) in [6.07, 6.45) is 0.941. The van der Waals surface area contributed by atoms with E-state index in [0.717, 1.165) is 10.9 Å². The van der Waals surface area contributed by atoms with Gasteiger partial charge in [-0.1, -0.05) is 36.2 Å². The highest BCUT2D eigenvalue weighted by Crippen LogP contribution is 2.27. The normalized spacial score (nSPS) is 10.4. The Kier molecular flexibility index (Phi) is 6.12. The molecule has 22 heavy (non-hydrogen) atoms. The lowest BCUT2D eigenvalue weighted by atomic mass is 10.2. The van der Waals surface area contributed by atoms with Crippen LogP contribution in [-0.2, 0) is 11.2 Å². The summed E-state index contributed by atoms with van der Waals surface area (Å²) in [5.41, 5.74) is 1.77. The number of carbonyl (C=O) groups is 1. The molecule has 0 aliphatic rings. The molecule has 0 aliphatic heterocycles. The lowest BCUT2D eigenvalue weighted by Gasteiger charge is -2.10. The molecule has 0 radical (unpaired) electrons. The Morgan fingerprint density at radius 3 is 2.59 bits per heavy atom. The predicted octanol–water partition coefficient (Wildman–Crippen LogP) is 5.34. The Hall–Kier alpha value is -1.23. The molecular weight excluding hydrogens is 389 g/mol. The molecule has 0 spiro atoms. The number of anilines is 1. The zero-order valence-corrected chi connectivity index (χ0v) is 14.9. The van der Waals surface area contributed by atoms with E-state index in [0.29, 0.717) is 21.5 Å². The van der Waals surface area contributed by atoms with Crippen LogP contribution in [0.15, 0.2) is 40.9 Å². The van der Waals surface area contributed by atoms with Crippen LogP contribution in [0.2, 0.25) is 10.0 Å². The molecule has 1 amide bonds. The Balaban J connectivity index is 1.93. The second kappa shape index (κ2) is 7.86. The summed E-state index contributed by atoms with van der Waals surface area (Å²) in [5, 5.41) is 3.53. The van der Waals surface area contributed by atoms with Gasteiger partial charge in [0.05, 0.1) is 14.5 Å². The third-order valence-electron chi connectivity index (χ3n) is 2.97. The van der Waals surface area contributed by atoms with E-state index in [1.54, 1.807) is 18.2 Å². The highest BCUT2D eigenvalue weighted by molar-refractivity contribution is 9.10. The van der Waals surface area contributed by atoms with Crippen molar-refractivity contribution in [2.45, 2.75) is 13.3 Å². The van der Waals surface area contributed by atoms with Crippen molar-refractivity contribution in [3.05, 3.63) is 56.5 Å². The fourth-order valence-electron chi connectivity index (χ4n) is 1.80. The van der Waals surface area contributed by atoms with E-state index < -0.39 is 0 Å². The van der Waals surface area contributed by atoms with Crippen molar-refractivity contribution in [1.29, 1.82) is 0 Å². The predicted molar refractivity (Wildman–Crippen MR) is 94.1 cm³/mol. The molecule has 1 N–H and O–H groups in total. The van der Waals surface area contributed by atoms with Crippen molar-refractivity contribution in [3.63, 3.8) is 0 Å². The molecule has 0 bridgehead atoms. The Morgan fingerprint density at radius 1 is 1.18 bits per heavy atom. The first-order chi connectivity index (χ1) is 10.5. The molecule has 0 unspecified atom stereocenters. The zero-order chi connectivity index (χ0) is 16.1. The number of aryl methyl sites for hydroxylation is 1. The van der Waals surface area contributed by atoms with E-state index in [9.17, 15) is 4.79 Å². The van der Waals surface area contributed by atoms with Crippen LogP contribution in [0, 0.1) is 0 Å². The molecule has 2 aromatic carbocycles. The molecule has 0 aliphatic carbocycles. The smallest absolute Gasteiger partial charge is 0.262 e. The van der Waals surface area contributed by atoms with Gasteiger partial charge in [0.15, 0.2) is 6.61 Å². The van der Waals surface area contributed by atoms with Crippen molar-refractivity contribution >= 4 is 50.7 Å². The van der Waals surface area contributed by atoms with E-state index in [1.807, 2.05) is 18.2 Å².